The first kappa shape index (κ1) is 17.1. The molecule has 0 aromatic heterocycles. The van der Waals surface area contributed by atoms with Crippen LogP contribution in [0.2, 0.25) is 0 Å². The highest BCUT2D eigenvalue weighted by Gasteiger charge is 2.43. The molecule has 2 aromatic rings. The average molecular weight is 330 g/mol. The van der Waals surface area contributed by atoms with Gasteiger partial charge in [-0.05, 0) is 11.1 Å². The second-order valence-corrected chi connectivity index (χ2v) is 5.82. The molecule has 128 valence electrons. The number of hydrogen-bond donors (Lipinski definition) is 2. The third-order valence-corrected chi connectivity index (χ3v) is 3.99. The van der Waals surface area contributed by atoms with Gasteiger partial charge in [-0.1, -0.05) is 60.7 Å². The Kier molecular flexibility index (Phi) is 5.96. The molecule has 3 rings (SSSR count). The van der Waals surface area contributed by atoms with Crippen LogP contribution >= 0.6 is 0 Å². The second kappa shape index (κ2) is 8.37. The topological polar surface area (TPSA) is 68.2 Å². The van der Waals surface area contributed by atoms with E-state index < -0.39 is 24.6 Å². The highest BCUT2D eigenvalue weighted by atomic mass is 16.7. The van der Waals surface area contributed by atoms with E-state index >= 15 is 0 Å². The van der Waals surface area contributed by atoms with Gasteiger partial charge < -0.3 is 24.4 Å². The van der Waals surface area contributed by atoms with Crippen LogP contribution in [0, 0.1) is 0 Å². The Hall–Kier alpha value is -1.76. The minimum Gasteiger partial charge on any atom is -0.385 e. The number of ether oxygens (including phenoxy) is 3. The van der Waals surface area contributed by atoms with E-state index in [0.29, 0.717) is 13.2 Å². The van der Waals surface area contributed by atoms with Gasteiger partial charge >= 0.3 is 0 Å². The first-order valence-corrected chi connectivity index (χ1v) is 8.03. The highest BCUT2D eigenvalue weighted by Crippen LogP contribution is 2.24. The van der Waals surface area contributed by atoms with E-state index in [-0.39, 0.29) is 6.61 Å². The smallest absolute Gasteiger partial charge is 0.184 e. The normalized spacial score (nSPS) is 26.6. The number of aliphatic hydroxyl groups is 2. The lowest BCUT2D eigenvalue weighted by atomic mass is 10.1. The molecule has 0 radical (unpaired) electrons. The van der Waals surface area contributed by atoms with Crippen molar-refractivity contribution >= 4 is 0 Å². The molecule has 2 aromatic carbocycles. The number of rotatable bonds is 7. The van der Waals surface area contributed by atoms with E-state index in [1.54, 1.807) is 0 Å². The molecule has 24 heavy (non-hydrogen) atoms. The van der Waals surface area contributed by atoms with E-state index in [1.165, 1.54) is 0 Å². The zero-order valence-electron chi connectivity index (χ0n) is 13.3. The lowest BCUT2D eigenvalue weighted by Gasteiger charge is -2.20. The van der Waals surface area contributed by atoms with Gasteiger partial charge in [0, 0.05) is 0 Å². The monoisotopic (exact) mass is 330 g/mol. The molecule has 5 nitrogen and oxygen atoms in total. The Morgan fingerprint density at radius 1 is 0.833 bits per heavy atom. The molecule has 1 aliphatic heterocycles. The van der Waals surface area contributed by atoms with Crippen LogP contribution in [0.5, 0.6) is 0 Å². The van der Waals surface area contributed by atoms with Crippen molar-refractivity contribution in [3.63, 3.8) is 0 Å². The predicted molar refractivity (Wildman–Crippen MR) is 88.0 cm³/mol. The SMILES string of the molecule is OC1O[C@H](COCc2ccccc2)[C@@H](OCc2ccccc2)[C@H]1O. The molecule has 1 aliphatic rings. The quantitative estimate of drug-likeness (QED) is 0.811. The Balaban J connectivity index is 1.52. The summed E-state index contributed by atoms with van der Waals surface area (Å²) in [4.78, 5) is 0. The predicted octanol–water partition coefficient (Wildman–Crippen LogP) is 1.87. The first-order valence-electron chi connectivity index (χ1n) is 8.03. The molecule has 0 bridgehead atoms. The number of benzene rings is 2. The van der Waals surface area contributed by atoms with E-state index in [2.05, 4.69) is 0 Å². The molecule has 1 saturated heterocycles. The summed E-state index contributed by atoms with van der Waals surface area (Å²) in [7, 11) is 0. The van der Waals surface area contributed by atoms with Crippen LogP contribution in [0.25, 0.3) is 0 Å². The number of aliphatic hydroxyl groups excluding tert-OH is 2. The summed E-state index contributed by atoms with van der Waals surface area (Å²) in [6.45, 7) is 1.02. The van der Waals surface area contributed by atoms with Crippen molar-refractivity contribution in [2.24, 2.45) is 0 Å². The van der Waals surface area contributed by atoms with Crippen LogP contribution in [0.3, 0.4) is 0 Å². The molecule has 2 N–H and O–H groups in total. The van der Waals surface area contributed by atoms with Crippen molar-refractivity contribution < 1.29 is 24.4 Å². The van der Waals surface area contributed by atoms with Crippen LogP contribution in [0.4, 0.5) is 0 Å². The van der Waals surface area contributed by atoms with Gasteiger partial charge in [-0.2, -0.15) is 0 Å². The number of hydrogen-bond acceptors (Lipinski definition) is 5. The van der Waals surface area contributed by atoms with Gasteiger partial charge in [0.1, 0.15) is 18.3 Å². The van der Waals surface area contributed by atoms with E-state index in [4.69, 9.17) is 14.2 Å². The third-order valence-electron chi connectivity index (χ3n) is 3.99. The molecule has 1 unspecified atom stereocenters. The van der Waals surface area contributed by atoms with E-state index in [0.717, 1.165) is 11.1 Å². The van der Waals surface area contributed by atoms with Crippen molar-refractivity contribution in [3.8, 4) is 0 Å². The van der Waals surface area contributed by atoms with Crippen molar-refractivity contribution in [2.45, 2.75) is 37.8 Å². The first-order chi connectivity index (χ1) is 11.7. The zero-order valence-corrected chi connectivity index (χ0v) is 13.3. The van der Waals surface area contributed by atoms with Gasteiger partial charge in [0.15, 0.2) is 6.29 Å². The van der Waals surface area contributed by atoms with E-state index in [1.807, 2.05) is 60.7 Å². The largest absolute Gasteiger partial charge is 0.385 e. The Morgan fingerprint density at radius 2 is 1.42 bits per heavy atom. The summed E-state index contributed by atoms with van der Waals surface area (Å²) in [5.41, 5.74) is 2.05. The van der Waals surface area contributed by atoms with E-state index in [9.17, 15) is 10.2 Å². The summed E-state index contributed by atoms with van der Waals surface area (Å²) in [6.07, 6.45) is -3.48. The summed E-state index contributed by atoms with van der Waals surface area (Å²) in [5.74, 6) is 0. The van der Waals surface area contributed by atoms with Crippen molar-refractivity contribution in [1.29, 1.82) is 0 Å². The van der Waals surface area contributed by atoms with Gasteiger partial charge in [-0.3, -0.25) is 0 Å². The summed E-state index contributed by atoms with van der Waals surface area (Å²) in [5, 5.41) is 19.8. The molecule has 5 heteroatoms. The van der Waals surface area contributed by atoms with Gasteiger partial charge in [0.2, 0.25) is 0 Å². The minimum absolute atomic E-state index is 0.239. The lowest BCUT2D eigenvalue weighted by Crippen LogP contribution is -2.37. The third kappa shape index (κ3) is 4.41. The fourth-order valence-corrected chi connectivity index (χ4v) is 2.69. The fraction of sp³-hybridized carbons (Fsp3) is 0.368. The molecule has 0 spiro atoms. The Morgan fingerprint density at radius 3 is 2.04 bits per heavy atom. The van der Waals surface area contributed by atoms with Gasteiger partial charge in [-0.15, -0.1) is 0 Å². The maximum atomic E-state index is 10.1. The maximum Gasteiger partial charge on any atom is 0.184 e. The molecule has 0 aliphatic carbocycles. The standard InChI is InChI=1S/C19H22O5/c20-17-18(23-12-15-9-5-2-6-10-15)16(24-19(17)21)13-22-11-14-7-3-1-4-8-14/h1-10,16-21H,11-13H2/t16-,17-,18-,19?/m1/s1. The maximum absolute atomic E-state index is 10.1. The highest BCUT2D eigenvalue weighted by molar-refractivity contribution is 5.14. The molecule has 1 fully saturated rings. The van der Waals surface area contributed by atoms with Crippen LogP contribution < -0.4 is 0 Å². The average Bonchev–Trinajstić information content (AvgIpc) is 2.89. The Bertz CT molecular complexity index is 604. The van der Waals surface area contributed by atoms with Crippen LogP contribution in [-0.2, 0) is 27.4 Å². The van der Waals surface area contributed by atoms with Crippen LogP contribution in [-0.4, -0.2) is 41.4 Å². The zero-order chi connectivity index (χ0) is 16.8. The van der Waals surface area contributed by atoms with Gasteiger partial charge in [0.05, 0.1) is 19.8 Å². The molecule has 0 amide bonds. The van der Waals surface area contributed by atoms with Crippen molar-refractivity contribution in [1.82, 2.24) is 0 Å². The minimum atomic E-state index is -1.25. The molecule has 0 saturated carbocycles. The fourth-order valence-electron chi connectivity index (χ4n) is 2.69. The van der Waals surface area contributed by atoms with Crippen LogP contribution in [0.1, 0.15) is 11.1 Å². The summed E-state index contributed by atoms with van der Waals surface area (Å²) in [6, 6.07) is 19.5. The lowest BCUT2D eigenvalue weighted by molar-refractivity contribution is -0.137. The Labute approximate surface area is 141 Å². The van der Waals surface area contributed by atoms with Gasteiger partial charge in [0.25, 0.3) is 0 Å². The van der Waals surface area contributed by atoms with Gasteiger partial charge in [-0.25, -0.2) is 0 Å². The molecular formula is C19H22O5. The van der Waals surface area contributed by atoms with Crippen molar-refractivity contribution in [3.05, 3.63) is 71.8 Å². The summed E-state index contributed by atoms with van der Waals surface area (Å²) < 4.78 is 16.8. The molecular weight excluding hydrogens is 308 g/mol. The van der Waals surface area contributed by atoms with Crippen molar-refractivity contribution in [2.75, 3.05) is 6.61 Å². The second-order valence-electron chi connectivity index (χ2n) is 5.82. The summed E-state index contributed by atoms with van der Waals surface area (Å²) >= 11 is 0. The molecule has 1 heterocycles. The molecule has 4 atom stereocenters. The van der Waals surface area contributed by atoms with Crippen LogP contribution in [0.15, 0.2) is 60.7 Å².